The molecule has 414 valence electrons. The van der Waals surface area contributed by atoms with Crippen molar-refractivity contribution in [1.82, 2.24) is 0 Å². The molecule has 0 amide bonds. The molecular weight excluding hydrogens is 925 g/mol. The summed E-state index contributed by atoms with van der Waals surface area (Å²) < 4.78 is 16.7. The first-order valence-electron chi connectivity index (χ1n) is 28.9. The van der Waals surface area contributed by atoms with Gasteiger partial charge in [0.2, 0.25) is 0 Å². The fourth-order valence-corrected chi connectivity index (χ4v) is 6.88. The number of ether oxygens (including phenoxy) is 3. The summed E-state index contributed by atoms with van der Waals surface area (Å²) in [6.45, 7) is 6.13. The van der Waals surface area contributed by atoms with Crippen molar-refractivity contribution < 1.29 is 28.6 Å². The van der Waals surface area contributed by atoms with Crippen molar-refractivity contribution in [3.63, 3.8) is 0 Å². The second-order valence-electron chi connectivity index (χ2n) is 18.0. The smallest absolute Gasteiger partial charge is 0.306 e. The number of esters is 3. The minimum Gasteiger partial charge on any atom is -0.462 e. The van der Waals surface area contributed by atoms with Crippen molar-refractivity contribution in [3.05, 3.63) is 194 Å². The first-order valence-corrected chi connectivity index (χ1v) is 28.9. The quantitative estimate of drug-likeness (QED) is 0.0261. The Bertz CT molecular complexity index is 1850. The summed E-state index contributed by atoms with van der Waals surface area (Å²) in [5.41, 5.74) is 0. The number of carbonyl (C=O) groups is 3. The maximum atomic E-state index is 12.8. The Morgan fingerprint density at radius 3 is 0.867 bits per heavy atom. The van der Waals surface area contributed by atoms with E-state index in [-0.39, 0.29) is 38.0 Å². The molecule has 75 heavy (non-hydrogen) atoms. The van der Waals surface area contributed by atoms with E-state index in [1.54, 1.807) is 0 Å². The Labute approximate surface area is 458 Å². The topological polar surface area (TPSA) is 78.9 Å². The first kappa shape index (κ1) is 69.2. The normalized spacial score (nSPS) is 13.6. The lowest BCUT2D eigenvalue weighted by molar-refractivity contribution is -0.166. The highest BCUT2D eigenvalue weighted by Crippen LogP contribution is 2.11. The molecule has 0 saturated heterocycles. The van der Waals surface area contributed by atoms with Gasteiger partial charge in [-0.3, -0.25) is 14.4 Å². The summed E-state index contributed by atoms with van der Waals surface area (Å²) in [6.07, 6.45) is 93.0. The maximum absolute atomic E-state index is 12.8. The molecule has 0 radical (unpaired) electrons. The molecule has 0 fully saturated rings. The Balaban J connectivity index is 4.54. The summed E-state index contributed by atoms with van der Waals surface area (Å²) in [6, 6.07) is 0. The molecule has 0 aliphatic heterocycles. The van der Waals surface area contributed by atoms with Crippen LogP contribution in [0.25, 0.3) is 0 Å². The predicted molar refractivity (Wildman–Crippen MR) is 324 cm³/mol. The number of rotatable bonds is 49. The highest BCUT2D eigenvalue weighted by molar-refractivity contribution is 5.71. The van der Waals surface area contributed by atoms with Gasteiger partial charge in [0.1, 0.15) is 13.2 Å². The van der Waals surface area contributed by atoms with Crippen LogP contribution in [0.2, 0.25) is 0 Å². The van der Waals surface area contributed by atoms with Crippen molar-refractivity contribution in [2.45, 2.75) is 207 Å². The SMILES string of the molecule is CC/C=C\C/C=C\C/C=C\C/C=C\C/C=C\C/C=C\C/C=C\CCCCCCCC(=O)OCC(COC(=O)CC/C=C\C/C=C\C/C=C\C/C=C\CC)OC(=O)CCC/C=C\C/C=C\C/C=C\C/C=C\C/C=C\CC. The van der Waals surface area contributed by atoms with Gasteiger partial charge in [0.25, 0.3) is 0 Å². The molecule has 0 aliphatic rings. The molecule has 0 heterocycles. The average molecular weight is 1030 g/mol. The minimum atomic E-state index is -0.857. The third-order valence-electron chi connectivity index (χ3n) is 11.1. The van der Waals surface area contributed by atoms with Gasteiger partial charge in [-0.05, 0) is 141 Å². The van der Waals surface area contributed by atoms with Crippen LogP contribution in [0.15, 0.2) is 194 Å². The minimum absolute atomic E-state index is 0.144. The summed E-state index contributed by atoms with van der Waals surface area (Å²) >= 11 is 0. The van der Waals surface area contributed by atoms with E-state index in [0.717, 1.165) is 148 Å². The summed E-state index contributed by atoms with van der Waals surface area (Å²) in [5, 5.41) is 0. The van der Waals surface area contributed by atoms with Crippen LogP contribution in [0.1, 0.15) is 201 Å². The molecule has 1 unspecified atom stereocenters. The molecule has 0 rings (SSSR count). The van der Waals surface area contributed by atoms with E-state index in [1.165, 1.54) is 0 Å². The first-order chi connectivity index (χ1) is 37.0. The van der Waals surface area contributed by atoms with E-state index in [4.69, 9.17) is 14.2 Å². The number of allylic oxidation sites excluding steroid dienone is 32. The number of hydrogen-bond acceptors (Lipinski definition) is 6. The Morgan fingerprint density at radius 1 is 0.267 bits per heavy atom. The largest absolute Gasteiger partial charge is 0.462 e. The van der Waals surface area contributed by atoms with E-state index in [2.05, 4.69) is 203 Å². The monoisotopic (exact) mass is 1030 g/mol. The van der Waals surface area contributed by atoms with Gasteiger partial charge in [-0.25, -0.2) is 0 Å². The molecule has 1 atom stereocenters. The van der Waals surface area contributed by atoms with Crippen LogP contribution in [-0.2, 0) is 28.6 Å². The molecule has 0 bridgehead atoms. The Hall–Kier alpha value is -5.75. The molecule has 0 saturated carbocycles. The number of hydrogen-bond donors (Lipinski definition) is 0. The molecule has 6 heteroatoms. The summed E-state index contributed by atoms with van der Waals surface area (Å²) in [7, 11) is 0. The maximum Gasteiger partial charge on any atom is 0.306 e. The van der Waals surface area contributed by atoms with Crippen LogP contribution in [0.5, 0.6) is 0 Å². The molecule has 0 N–H and O–H groups in total. The molecule has 0 aliphatic carbocycles. The molecular formula is C69H102O6. The molecule has 6 nitrogen and oxygen atoms in total. The van der Waals surface area contributed by atoms with E-state index in [0.29, 0.717) is 19.3 Å². The van der Waals surface area contributed by atoms with E-state index < -0.39 is 12.1 Å². The number of carbonyl (C=O) groups excluding carboxylic acids is 3. The fraction of sp³-hybridized carbons (Fsp3) is 0.493. The molecule has 0 aromatic heterocycles. The van der Waals surface area contributed by atoms with Gasteiger partial charge in [-0.1, -0.05) is 234 Å². The van der Waals surface area contributed by atoms with Crippen LogP contribution in [0.4, 0.5) is 0 Å². The Morgan fingerprint density at radius 2 is 0.520 bits per heavy atom. The van der Waals surface area contributed by atoms with Crippen LogP contribution in [-0.4, -0.2) is 37.2 Å². The van der Waals surface area contributed by atoms with Crippen LogP contribution >= 0.6 is 0 Å². The summed E-state index contributed by atoms with van der Waals surface area (Å²) in [5.74, 6) is -1.12. The van der Waals surface area contributed by atoms with Crippen molar-refractivity contribution >= 4 is 17.9 Å². The third kappa shape index (κ3) is 59.0. The van der Waals surface area contributed by atoms with Crippen LogP contribution in [0.3, 0.4) is 0 Å². The number of unbranched alkanes of at least 4 members (excludes halogenated alkanes) is 6. The Kier molecular flexibility index (Phi) is 56.1. The van der Waals surface area contributed by atoms with Crippen molar-refractivity contribution in [1.29, 1.82) is 0 Å². The molecule has 0 aromatic rings. The lowest BCUT2D eigenvalue weighted by Crippen LogP contribution is -2.30. The van der Waals surface area contributed by atoms with Crippen molar-refractivity contribution in [2.24, 2.45) is 0 Å². The highest BCUT2D eigenvalue weighted by Gasteiger charge is 2.19. The predicted octanol–water partition coefficient (Wildman–Crippen LogP) is 19.9. The van der Waals surface area contributed by atoms with Gasteiger partial charge >= 0.3 is 17.9 Å². The standard InChI is InChI=1S/C69H102O6/c1-4-7-10-13-16-19-22-25-27-29-30-31-32-33-34-35-36-37-38-40-41-44-47-50-53-56-59-62-68(71)74-65-66(64-73-67(70)61-58-55-52-49-46-43-24-21-18-15-12-9-6-3)75-69(72)63-60-57-54-51-48-45-42-39-28-26-23-20-17-14-11-8-5-2/h7-12,16-21,25-28,30-31,33-34,36-37,40-43,45-46,51-52,54-55,66H,4-6,13-15,22-24,29,32,35,38-39,44,47-50,53,56-65H2,1-3H3/b10-7-,11-8-,12-9-,19-16-,20-17-,21-18-,27-25-,28-26-,31-30-,34-33-,37-36-,41-40-,45-42-,46-43-,54-51-,55-52-. The van der Waals surface area contributed by atoms with Gasteiger partial charge in [0.15, 0.2) is 6.10 Å². The average Bonchev–Trinajstić information content (AvgIpc) is 3.41. The van der Waals surface area contributed by atoms with Crippen LogP contribution < -0.4 is 0 Å². The molecule has 0 spiro atoms. The van der Waals surface area contributed by atoms with E-state index >= 15 is 0 Å². The van der Waals surface area contributed by atoms with E-state index in [1.807, 2.05) is 12.2 Å². The third-order valence-corrected chi connectivity index (χ3v) is 11.1. The van der Waals surface area contributed by atoms with Crippen molar-refractivity contribution in [3.8, 4) is 0 Å². The zero-order valence-electron chi connectivity index (χ0n) is 47.2. The van der Waals surface area contributed by atoms with E-state index in [9.17, 15) is 14.4 Å². The van der Waals surface area contributed by atoms with Gasteiger partial charge < -0.3 is 14.2 Å². The van der Waals surface area contributed by atoms with Crippen LogP contribution in [0, 0.1) is 0 Å². The van der Waals surface area contributed by atoms with Crippen molar-refractivity contribution in [2.75, 3.05) is 13.2 Å². The lowest BCUT2D eigenvalue weighted by Gasteiger charge is -2.18. The highest BCUT2D eigenvalue weighted by atomic mass is 16.6. The van der Waals surface area contributed by atoms with Gasteiger partial charge in [-0.15, -0.1) is 0 Å². The summed E-state index contributed by atoms with van der Waals surface area (Å²) in [4.78, 5) is 38.1. The zero-order chi connectivity index (χ0) is 54.3. The van der Waals surface area contributed by atoms with Gasteiger partial charge in [0.05, 0.1) is 0 Å². The molecule has 0 aromatic carbocycles. The second-order valence-corrected chi connectivity index (χ2v) is 18.0. The van der Waals surface area contributed by atoms with Gasteiger partial charge in [0, 0.05) is 19.3 Å². The van der Waals surface area contributed by atoms with Gasteiger partial charge in [-0.2, -0.15) is 0 Å². The zero-order valence-corrected chi connectivity index (χ0v) is 47.2. The fourth-order valence-electron chi connectivity index (χ4n) is 6.88. The lowest BCUT2D eigenvalue weighted by atomic mass is 10.1. The second kappa shape index (κ2) is 60.8.